The monoisotopic (exact) mass is 362 g/mol. The second-order valence-electron chi connectivity index (χ2n) is 7.99. The van der Waals surface area contributed by atoms with Gasteiger partial charge in [-0.3, -0.25) is 4.57 Å². The summed E-state index contributed by atoms with van der Waals surface area (Å²) in [6, 6.07) is 0. The van der Waals surface area contributed by atoms with Crippen LogP contribution in [0.15, 0.2) is 12.7 Å². The minimum absolute atomic E-state index is 0.101. The number of hydrogen-bond donors (Lipinski definition) is 2. The van der Waals surface area contributed by atoms with E-state index in [0.717, 1.165) is 0 Å². The van der Waals surface area contributed by atoms with Crippen LogP contribution in [0.2, 0.25) is 0 Å². The van der Waals surface area contributed by atoms with Crippen molar-refractivity contribution in [3.05, 3.63) is 12.7 Å². The molecule has 25 heavy (non-hydrogen) atoms. The molecule has 3 radical (unpaired) electrons. The Kier molecular flexibility index (Phi) is 3.99. The molecule has 3 heterocycles. The van der Waals surface area contributed by atoms with Crippen molar-refractivity contribution >= 4 is 27.5 Å². The molecular weight excluding hydrogens is 338 g/mol. The predicted octanol–water partition coefficient (Wildman–Crippen LogP) is 0.995. The molecule has 0 unspecified atom stereocenters. The zero-order chi connectivity index (χ0) is 18.7. The molecule has 0 amide bonds. The summed E-state index contributed by atoms with van der Waals surface area (Å²) < 4.78 is 13.6. The van der Waals surface area contributed by atoms with E-state index in [0.29, 0.717) is 17.0 Å². The van der Waals surface area contributed by atoms with Gasteiger partial charge in [-0.1, -0.05) is 20.8 Å². The Morgan fingerprint density at radius 1 is 1.32 bits per heavy atom. The molecule has 8 nitrogen and oxygen atoms in total. The predicted molar refractivity (Wildman–Crippen MR) is 93.6 cm³/mol. The lowest BCUT2D eigenvalue weighted by molar-refractivity contribution is -0.447. The number of ether oxygens (including phenoxy) is 1. The van der Waals surface area contributed by atoms with Gasteiger partial charge in [-0.15, -0.1) is 0 Å². The zero-order valence-electron chi connectivity index (χ0n) is 15.2. The maximum atomic E-state index is 10.4. The molecule has 1 saturated heterocycles. The number of aliphatic hydroxyl groups is 1. The molecule has 3 rings (SSSR count). The van der Waals surface area contributed by atoms with Crippen molar-refractivity contribution in [1.82, 2.24) is 19.5 Å². The molecule has 1 aliphatic rings. The van der Waals surface area contributed by atoms with Gasteiger partial charge in [-0.05, 0) is 19.3 Å². The van der Waals surface area contributed by atoms with Crippen molar-refractivity contribution in [1.29, 1.82) is 0 Å². The Balaban J connectivity index is 2.24. The molecule has 0 spiro atoms. The van der Waals surface area contributed by atoms with E-state index >= 15 is 0 Å². The average molecular weight is 362 g/mol. The van der Waals surface area contributed by atoms with Gasteiger partial charge >= 0.3 is 0 Å². The second-order valence-corrected chi connectivity index (χ2v) is 8.28. The van der Waals surface area contributed by atoms with Gasteiger partial charge in [0.05, 0.1) is 30.6 Å². The van der Waals surface area contributed by atoms with E-state index in [1.54, 1.807) is 10.9 Å². The number of hydrogen-bond acceptors (Lipinski definition) is 7. The number of aromatic nitrogens is 4. The zero-order valence-corrected chi connectivity index (χ0v) is 16.2. The van der Waals surface area contributed by atoms with E-state index in [1.165, 1.54) is 6.33 Å². The lowest BCUT2D eigenvalue weighted by atomic mass is 9.52. The highest BCUT2D eigenvalue weighted by Crippen LogP contribution is 2.66. The van der Waals surface area contributed by atoms with Crippen LogP contribution in [0.4, 0.5) is 5.82 Å². The molecule has 0 aliphatic carbocycles. The summed E-state index contributed by atoms with van der Waals surface area (Å²) in [7, 11) is 3.09. The first-order valence-corrected chi connectivity index (χ1v) is 8.52. The van der Waals surface area contributed by atoms with Crippen LogP contribution in [-0.4, -0.2) is 53.9 Å². The third kappa shape index (κ3) is 2.06. The summed E-state index contributed by atoms with van der Waals surface area (Å²) in [5, 5.41) is 10.4. The van der Waals surface area contributed by atoms with Crippen molar-refractivity contribution in [2.75, 3.05) is 18.9 Å². The second kappa shape index (κ2) is 5.47. The summed E-state index contributed by atoms with van der Waals surface area (Å²) in [6.45, 7) is 10.3. The van der Waals surface area contributed by atoms with Gasteiger partial charge in [-0.2, -0.15) is 0 Å². The molecule has 135 valence electrons. The van der Waals surface area contributed by atoms with Gasteiger partial charge in [0, 0.05) is 0 Å². The van der Waals surface area contributed by atoms with E-state index in [1.807, 2.05) is 13.8 Å². The summed E-state index contributed by atoms with van der Waals surface area (Å²) in [5.74, 6) is 0.293. The highest BCUT2D eigenvalue weighted by Gasteiger charge is 2.75. The van der Waals surface area contributed by atoms with Crippen molar-refractivity contribution in [3.8, 4) is 0 Å². The highest BCUT2D eigenvalue weighted by molar-refractivity contribution is 5.98. The van der Waals surface area contributed by atoms with E-state index in [9.17, 15) is 5.11 Å². The number of rotatable bonds is 4. The fraction of sp³-hybridized carbons (Fsp3) is 0.688. The molecular formula is C16H24N5O3Si. The lowest BCUT2D eigenvalue weighted by Gasteiger charge is -2.71. The van der Waals surface area contributed by atoms with Crippen LogP contribution in [-0.2, 0) is 14.9 Å². The first kappa shape index (κ1) is 18.2. The number of imidazole rings is 1. The highest BCUT2D eigenvalue weighted by atomic mass is 28.2. The fourth-order valence-electron chi connectivity index (χ4n) is 3.93. The third-order valence-electron chi connectivity index (χ3n) is 6.05. The summed E-state index contributed by atoms with van der Waals surface area (Å²) >= 11 is 0. The SMILES string of the molecule is CC(C)(C)[C@]1(C)O[C@](CO[Si])(n2cnc3c(N)ncnc32)[C@]1(C)CO. The molecule has 0 aromatic carbocycles. The fourth-order valence-corrected chi connectivity index (χ4v) is 4.13. The third-order valence-corrected chi connectivity index (χ3v) is 6.20. The summed E-state index contributed by atoms with van der Waals surface area (Å²) in [6.07, 6.45) is 2.99. The van der Waals surface area contributed by atoms with Crippen LogP contribution >= 0.6 is 0 Å². The van der Waals surface area contributed by atoms with Crippen LogP contribution in [0.5, 0.6) is 0 Å². The Morgan fingerprint density at radius 2 is 2.00 bits per heavy atom. The smallest absolute Gasteiger partial charge is 0.246 e. The first-order valence-electron chi connectivity index (χ1n) is 8.11. The Bertz CT molecular complexity index is 807. The van der Waals surface area contributed by atoms with Gasteiger partial charge in [-0.25, -0.2) is 15.0 Å². The molecule has 1 fully saturated rings. The molecule has 0 saturated carbocycles. The van der Waals surface area contributed by atoms with Gasteiger partial charge in [0.2, 0.25) is 10.5 Å². The molecule has 2 aromatic rings. The maximum Gasteiger partial charge on any atom is 0.246 e. The molecule has 2 aromatic heterocycles. The van der Waals surface area contributed by atoms with Crippen molar-refractivity contribution in [2.45, 2.75) is 45.9 Å². The van der Waals surface area contributed by atoms with E-state index in [2.05, 4.69) is 46.2 Å². The van der Waals surface area contributed by atoms with E-state index < -0.39 is 16.7 Å². The molecule has 0 bridgehead atoms. The largest absolute Gasteiger partial charge is 0.414 e. The van der Waals surface area contributed by atoms with Crippen LogP contribution in [0.3, 0.4) is 0 Å². The van der Waals surface area contributed by atoms with Gasteiger partial charge in [0.1, 0.15) is 11.8 Å². The number of fused-ring (bicyclic) bond motifs is 1. The summed E-state index contributed by atoms with van der Waals surface area (Å²) in [5.41, 5.74) is 4.45. The first-order chi connectivity index (χ1) is 11.6. The Labute approximate surface area is 150 Å². The van der Waals surface area contributed by atoms with Crippen molar-refractivity contribution in [2.24, 2.45) is 10.8 Å². The van der Waals surface area contributed by atoms with E-state index in [-0.39, 0.29) is 18.6 Å². The van der Waals surface area contributed by atoms with Crippen LogP contribution < -0.4 is 5.73 Å². The Morgan fingerprint density at radius 3 is 2.56 bits per heavy atom. The summed E-state index contributed by atoms with van der Waals surface area (Å²) in [4.78, 5) is 12.6. The number of aliphatic hydroxyl groups excluding tert-OH is 1. The van der Waals surface area contributed by atoms with Crippen LogP contribution in [0, 0.1) is 10.8 Å². The number of nitrogen functional groups attached to an aromatic ring is 1. The van der Waals surface area contributed by atoms with Gasteiger partial charge in [0.15, 0.2) is 17.2 Å². The van der Waals surface area contributed by atoms with E-state index in [4.69, 9.17) is 14.9 Å². The normalized spacial score (nSPS) is 32.8. The van der Waals surface area contributed by atoms with Crippen molar-refractivity contribution in [3.63, 3.8) is 0 Å². The van der Waals surface area contributed by atoms with Crippen molar-refractivity contribution < 1.29 is 14.3 Å². The quantitative estimate of drug-likeness (QED) is 0.781. The molecule has 3 N–H and O–H groups in total. The number of anilines is 1. The van der Waals surface area contributed by atoms with Crippen LogP contribution in [0.25, 0.3) is 11.2 Å². The molecule has 9 heteroatoms. The minimum atomic E-state index is -0.999. The number of nitrogens with two attached hydrogens (primary N) is 1. The molecule has 1 aliphatic heterocycles. The number of nitrogens with zero attached hydrogens (tertiary/aromatic N) is 4. The maximum absolute atomic E-state index is 10.4. The average Bonchev–Trinajstić information content (AvgIpc) is 2.97. The topological polar surface area (TPSA) is 108 Å². The molecule has 3 atom stereocenters. The standard InChI is InChI=1S/C16H24N5O3Si/c1-13(2,3)15(5)14(4,6-22)16(24-15,7-23-25)21-9-20-10-11(17)18-8-19-12(10)21/h8-9,22H,6-7H2,1-5H3,(H2,17,18,19)/t14-,15+,16+/m1/s1. The van der Waals surface area contributed by atoms with Crippen LogP contribution in [0.1, 0.15) is 34.6 Å². The van der Waals surface area contributed by atoms with Gasteiger partial charge < -0.3 is 20.0 Å². The van der Waals surface area contributed by atoms with Gasteiger partial charge in [0.25, 0.3) is 0 Å². The Hall–Kier alpha value is -1.55. The lowest BCUT2D eigenvalue weighted by Crippen LogP contribution is -2.80. The minimum Gasteiger partial charge on any atom is -0.414 e.